The summed E-state index contributed by atoms with van der Waals surface area (Å²) in [6.45, 7) is 18.5. The zero-order valence-corrected chi connectivity index (χ0v) is 16.5. The molecule has 0 unspecified atom stereocenters. The van der Waals surface area contributed by atoms with Gasteiger partial charge in [-0.25, -0.2) is 8.19 Å². The van der Waals surface area contributed by atoms with Crippen LogP contribution in [0.4, 0.5) is 0 Å². The Morgan fingerprint density at radius 3 is 1.56 bits per heavy atom. The zero-order chi connectivity index (χ0) is 12.0. The summed E-state index contributed by atoms with van der Waals surface area (Å²) < 4.78 is 0. The predicted octanol–water partition coefficient (Wildman–Crippen LogP) is 2.20. The maximum absolute atomic E-state index is 2.32. The molecule has 0 radical (unpaired) electrons. The Hall–Kier alpha value is 1.42. The van der Waals surface area contributed by atoms with Gasteiger partial charge >= 0.3 is 51.4 Å². The molecule has 0 atom stereocenters. The Balaban J connectivity index is 0.00000225. The molecule has 0 aliphatic carbocycles. The molecule has 0 N–H and O–H groups in total. The summed E-state index contributed by atoms with van der Waals surface area (Å²) >= 11 is 0. The molecule has 16 heavy (non-hydrogen) atoms. The van der Waals surface area contributed by atoms with Gasteiger partial charge in [-0.2, -0.15) is 16.4 Å². The van der Waals surface area contributed by atoms with Crippen molar-refractivity contribution in [2.75, 3.05) is 0 Å². The van der Waals surface area contributed by atoms with E-state index in [1.54, 1.807) is 10.6 Å². The monoisotopic (exact) mass is 262 g/mol. The molecule has 1 rings (SSSR count). The van der Waals surface area contributed by atoms with Gasteiger partial charge in [0.05, 0.1) is 0 Å². The summed E-state index contributed by atoms with van der Waals surface area (Å²) in [6, 6.07) is 0. The van der Waals surface area contributed by atoms with Crippen LogP contribution in [0.25, 0.3) is 0 Å². The first-order valence-corrected chi connectivity index (χ1v) is 6.59. The van der Waals surface area contributed by atoms with Crippen LogP contribution in [0.1, 0.15) is 63.3 Å². The van der Waals surface area contributed by atoms with Crippen LogP contribution in [0.15, 0.2) is 0 Å². The molecule has 0 amide bonds. The molecular weight excluding hydrogens is 238 g/mol. The third-order valence-corrected chi connectivity index (χ3v) is 5.38. The first kappa shape index (κ1) is 17.4. The Bertz CT molecular complexity index is 327. The van der Waals surface area contributed by atoms with Crippen LogP contribution in [0, 0.1) is 13.8 Å². The first-order valence-electron chi connectivity index (χ1n) is 5.70. The summed E-state index contributed by atoms with van der Waals surface area (Å²) in [5.41, 5.74) is 3.66. The number of hydrogen-bond donors (Lipinski definition) is 0. The van der Waals surface area contributed by atoms with E-state index in [2.05, 4.69) is 55.4 Å². The van der Waals surface area contributed by atoms with E-state index in [1.165, 1.54) is 19.3 Å². The zero-order valence-electron chi connectivity index (χ0n) is 12.4. The van der Waals surface area contributed by atoms with Crippen molar-refractivity contribution in [3.05, 3.63) is 21.7 Å². The minimum atomic E-state index is 0. The molecule has 2 heteroatoms. The van der Waals surface area contributed by atoms with Crippen LogP contribution in [0.5, 0.6) is 0 Å². The normalized spacial score (nSPS) is 13.0. The molecule has 0 nitrogen and oxygen atoms in total. The third kappa shape index (κ3) is 3.70. The van der Waals surface area contributed by atoms with Gasteiger partial charge < -0.3 is 0 Å². The van der Waals surface area contributed by atoms with E-state index in [1.807, 2.05) is 0 Å². The van der Waals surface area contributed by atoms with E-state index in [0.29, 0.717) is 10.8 Å². The third-order valence-electron chi connectivity index (χ3n) is 2.92. The molecule has 0 aliphatic heterocycles. The van der Waals surface area contributed by atoms with Crippen LogP contribution in [-0.4, -0.2) is 0 Å². The van der Waals surface area contributed by atoms with Gasteiger partial charge in [-0.3, -0.25) is 0 Å². The second-order valence-corrected chi connectivity index (χ2v) is 7.68. The fourth-order valence-electron chi connectivity index (χ4n) is 2.10. The summed E-state index contributed by atoms with van der Waals surface area (Å²) in [4.78, 5) is 0. The SMILES string of the molecule is Cc1c(C(C)(C)C)p[c-](C(C)(C)C)c1C.[K+]. The van der Waals surface area contributed by atoms with E-state index in [0.717, 1.165) is 0 Å². The summed E-state index contributed by atoms with van der Waals surface area (Å²) in [6.07, 6.45) is 0. The van der Waals surface area contributed by atoms with Crippen molar-refractivity contribution < 1.29 is 51.4 Å². The molecule has 0 bridgehead atoms. The van der Waals surface area contributed by atoms with E-state index < -0.39 is 0 Å². The summed E-state index contributed by atoms with van der Waals surface area (Å²) in [5, 5.41) is 3.20. The molecule has 0 fully saturated rings. The largest absolute Gasteiger partial charge is 1.00 e. The first-order chi connectivity index (χ1) is 6.55. The molecule has 0 saturated carbocycles. The molecule has 0 aromatic carbocycles. The van der Waals surface area contributed by atoms with Crippen molar-refractivity contribution in [3.8, 4) is 0 Å². The van der Waals surface area contributed by atoms with Crippen molar-refractivity contribution in [1.82, 2.24) is 0 Å². The number of hydrogen-bond acceptors (Lipinski definition) is 0. The van der Waals surface area contributed by atoms with Crippen molar-refractivity contribution in [1.29, 1.82) is 0 Å². The fraction of sp³-hybridized carbons (Fsp3) is 0.714. The van der Waals surface area contributed by atoms with Crippen molar-refractivity contribution in [2.45, 2.75) is 66.2 Å². The van der Waals surface area contributed by atoms with Gasteiger partial charge in [-0.05, 0) is 0 Å². The van der Waals surface area contributed by atoms with Crippen molar-refractivity contribution in [3.63, 3.8) is 0 Å². The van der Waals surface area contributed by atoms with Gasteiger partial charge in [0.2, 0.25) is 0 Å². The second-order valence-electron chi connectivity index (χ2n) is 6.56. The Kier molecular flexibility index (Phi) is 6.09. The molecular formula is C14H24KP. The second kappa shape index (κ2) is 5.59. The van der Waals surface area contributed by atoms with Gasteiger partial charge in [0, 0.05) is 0 Å². The van der Waals surface area contributed by atoms with Crippen LogP contribution >= 0.6 is 8.19 Å². The average molecular weight is 262 g/mol. The summed E-state index contributed by atoms with van der Waals surface area (Å²) in [7, 11) is 1.46. The molecule has 0 aliphatic rings. The maximum Gasteiger partial charge on any atom is 1.00 e. The van der Waals surface area contributed by atoms with Crippen LogP contribution in [0.2, 0.25) is 0 Å². The topological polar surface area (TPSA) is 0 Å². The van der Waals surface area contributed by atoms with Gasteiger partial charge in [0.1, 0.15) is 0 Å². The summed E-state index contributed by atoms with van der Waals surface area (Å²) in [5.74, 6) is 0. The Morgan fingerprint density at radius 1 is 0.938 bits per heavy atom. The van der Waals surface area contributed by atoms with Crippen LogP contribution < -0.4 is 51.4 Å². The van der Waals surface area contributed by atoms with Gasteiger partial charge in [-0.15, -0.1) is 5.30 Å². The fourth-order valence-corrected chi connectivity index (χ4v) is 3.66. The molecule has 86 valence electrons. The minimum absolute atomic E-state index is 0. The van der Waals surface area contributed by atoms with Crippen LogP contribution in [0.3, 0.4) is 0 Å². The smallest absolute Gasteiger partial charge is 0.219 e. The van der Waals surface area contributed by atoms with Gasteiger partial charge in [0.25, 0.3) is 0 Å². The molecule has 1 aromatic rings. The van der Waals surface area contributed by atoms with E-state index >= 15 is 0 Å². The molecule has 0 saturated heterocycles. The Labute approximate surface area is 145 Å². The molecule has 1 aromatic heterocycles. The van der Waals surface area contributed by atoms with Crippen molar-refractivity contribution >= 4 is 8.19 Å². The Morgan fingerprint density at radius 2 is 1.38 bits per heavy atom. The van der Waals surface area contributed by atoms with E-state index in [-0.39, 0.29) is 51.4 Å². The average Bonchev–Trinajstić information content (AvgIpc) is 2.26. The standard InChI is InChI=1S/C14H24P.K/c1-9-10(2)12(14(6,7)8)15-11(9)13(3,4)5;/h1-8H3;/q-1;+1. The van der Waals surface area contributed by atoms with Gasteiger partial charge in [0.15, 0.2) is 0 Å². The quantitative estimate of drug-likeness (QED) is 0.497. The minimum Gasteiger partial charge on any atom is -0.219 e. The number of rotatable bonds is 0. The maximum atomic E-state index is 2.32. The predicted molar refractivity (Wildman–Crippen MR) is 71.4 cm³/mol. The van der Waals surface area contributed by atoms with E-state index in [9.17, 15) is 0 Å². The molecule has 0 spiro atoms. The van der Waals surface area contributed by atoms with E-state index in [4.69, 9.17) is 0 Å². The van der Waals surface area contributed by atoms with Gasteiger partial charge in [-0.1, -0.05) is 66.2 Å². The van der Waals surface area contributed by atoms with Crippen LogP contribution in [-0.2, 0) is 10.8 Å². The van der Waals surface area contributed by atoms with Crippen molar-refractivity contribution in [2.24, 2.45) is 0 Å². The molecule has 1 heterocycles.